The van der Waals surface area contributed by atoms with Crippen molar-refractivity contribution < 1.29 is 9.53 Å². The van der Waals surface area contributed by atoms with Gasteiger partial charge in [0.25, 0.3) is 0 Å². The van der Waals surface area contributed by atoms with Gasteiger partial charge >= 0.3 is 0 Å². The molecule has 0 aromatic heterocycles. The minimum Gasteiger partial charge on any atom is -0.364 e. The summed E-state index contributed by atoms with van der Waals surface area (Å²) in [5.74, 6) is 0. The fourth-order valence-electron chi connectivity index (χ4n) is 2.63. The van der Waals surface area contributed by atoms with Gasteiger partial charge in [-0.2, -0.15) is 0 Å². The summed E-state index contributed by atoms with van der Waals surface area (Å²) in [6, 6.07) is 0. The van der Waals surface area contributed by atoms with Crippen LogP contribution in [0.25, 0.3) is 0 Å². The molecular weight excluding hydrogens is 190 g/mol. The Kier molecular flexibility index (Phi) is 3.76. The van der Waals surface area contributed by atoms with E-state index in [1.807, 2.05) is 0 Å². The van der Waals surface area contributed by atoms with Crippen molar-refractivity contribution in [3.8, 4) is 0 Å². The molecule has 1 aliphatic carbocycles. The van der Waals surface area contributed by atoms with Gasteiger partial charge in [-0.15, -0.1) is 0 Å². The van der Waals surface area contributed by atoms with Crippen LogP contribution in [0.4, 0.5) is 0 Å². The smallest absolute Gasteiger partial charge is 0.151 e. The zero-order valence-electron chi connectivity index (χ0n) is 9.34. The van der Waals surface area contributed by atoms with Crippen molar-refractivity contribution in [3.05, 3.63) is 0 Å². The van der Waals surface area contributed by atoms with Crippen LogP contribution in [0.1, 0.15) is 44.9 Å². The highest BCUT2D eigenvalue weighted by atomic mass is 16.5. The molecule has 3 heteroatoms. The lowest BCUT2D eigenvalue weighted by Gasteiger charge is -2.37. The van der Waals surface area contributed by atoms with E-state index in [9.17, 15) is 4.79 Å². The molecule has 15 heavy (non-hydrogen) atoms. The second kappa shape index (κ2) is 5.08. The quantitative estimate of drug-likeness (QED) is 0.721. The zero-order chi connectivity index (χ0) is 10.6. The minimum atomic E-state index is -0.465. The molecule has 1 saturated carbocycles. The summed E-state index contributed by atoms with van der Waals surface area (Å²) in [5, 5.41) is 3.27. The van der Waals surface area contributed by atoms with E-state index < -0.39 is 5.60 Å². The van der Waals surface area contributed by atoms with Crippen LogP contribution in [0.2, 0.25) is 0 Å². The highest BCUT2D eigenvalue weighted by molar-refractivity contribution is 5.62. The van der Waals surface area contributed by atoms with Crippen molar-refractivity contribution >= 4 is 6.29 Å². The van der Waals surface area contributed by atoms with Crippen LogP contribution in [0.15, 0.2) is 0 Å². The van der Waals surface area contributed by atoms with Crippen molar-refractivity contribution in [1.82, 2.24) is 5.32 Å². The van der Waals surface area contributed by atoms with Gasteiger partial charge in [-0.25, -0.2) is 0 Å². The predicted octanol–water partition coefficient (Wildman–Crippen LogP) is 1.66. The van der Waals surface area contributed by atoms with E-state index in [2.05, 4.69) is 5.32 Å². The number of rotatable bonds is 3. The molecule has 1 saturated heterocycles. The van der Waals surface area contributed by atoms with Gasteiger partial charge in [0.1, 0.15) is 5.60 Å². The maximum Gasteiger partial charge on any atom is 0.151 e. The number of piperidine rings is 1. The molecule has 3 nitrogen and oxygen atoms in total. The van der Waals surface area contributed by atoms with Gasteiger partial charge in [-0.3, -0.25) is 0 Å². The molecule has 0 unspecified atom stereocenters. The lowest BCUT2D eigenvalue weighted by Crippen LogP contribution is -2.47. The molecule has 0 amide bonds. The first-order valence-electron chi connectivity index (χ1n) is 6.19. The second-order valence-electron chi connectivity index (χ2n) is 4.81. The van der Waals surface area contributed by atoms with E-state index in [1.54, 1.807) is 0 Å². The molecule has 2 fully saturated rings. The van der Waals surface area contributed by atoms with Crippen LogP contribution in [-0.2, 0) is 9.53 Å². The molecule has 2 aliphatic rings. The highest BCUT2D eigenvalue weighted by Crippen LogP contribution is 2.28. The molecule has 0 atom stereocenters. The molecular formula is C12H21NO2. The summed E-state index contributed by atoms with van der Waals surface area (Å²) in [5.41, 5.74) is -0.465. The number of hydrogen-bond acceptors (Lipinski definition) is 3. The molecule has 0 aromatic carbocycles. The third kappa shape index (κ3) is 2.79. The fraction of sp³-hybridized carbons (Fsp3) is 0.917. The number of ether oxygens (including phenoxy) is 1. The average molecular weight is 211 g/mol. The largest absolute Gasteiger partial charge is 0.364 e. The Balaban J connectivity index is 1.90. The predicted molar refractivity (Wildman–Crippen MR) is 58.9 cm³/mol. The average Bonchev–Trinajstić information content (AvgIpc) is 2.32. The first kappa shape index (κ1) is 11.1. The van der Waals surface area contributed by atoms with Crippen LogP contribution in [-0.4, -0.2) is 31.1 Å². The van der Waals surface area contributed by atoms with Crippen molar-refractivity contribution in [2.24, 2.45) is 0 Å². The number of carbonyl (C=O) groups excluding carboxylic acids is 1. The van der Waals surface area contributed by atoms with E-state index in [0.717, 1.165) is 45.1 Å². The van der Waals surface area contributed by atoms with E-state index in [-0.39, 0.29) is 0 Å². The van der Waals surface area contributed by atoms with Gasteiger partial charge in [0.15, 0.2) is 6.29 Å². The molecule has 2 rings (SSSR count). The number of hydrogen-bond donors (Lipinski definition) is 1. The molecule has 86 valence electrons. The molecule has 0 spiro atoms. The van der Waals surface area contributed by atoms with E-state index in [0.29, 0.717) is 6.10 Å². The second-order valence-corrected chi connectivity index (χ2v) is 4.81. The molecule has 0 radical (unpaired) electrons. The third-order valence-corrected chi connectivity index (χ3v) is 3.62. The minimum absolute atomic E-state index is 0.335. The number of carbonyl (C=O) groups is 1. The van der Waals surface area contributed by atoms with Crippen molar-refractivity contribution in [2.75, 3.05) is 13.1 Å². The topological polar surface area (TPSA) is 38.3 Å². The van der Waals surface area contributed by atoms with Gasteiger partial charge in [-0.05, 0) is 38.8 Å². The summed E-state index contributed by atoms with van der Waals surface area (Å²) in [6.45, 7) is 1.82. The Morgan fingerprint density at radius 3 is 2.40 bits per heavy atom. The third-order valence-electron chi connectivity index (χ3n) is 3.62. The Hall–Kier alpha value is -0.410. The van der Waals surface area contributed by atoms with Crippen LogP contribution in [0.5, 0.6) is 0 Å². The lowest BCUT2D eigenvalue weighted by atomic mass is 9.91. The first-order valence-corrected chi connectivity index (χ1v) is 6.19. The zero-order valence-corrected chi connectivity index (χ0v) is 9.34. The standard InChI is InChI=1S/C12H21NO2/c14-10-12(6-8-13-9-7-12)15-11-4-2-1-3-5-11/h10-11,13H,1-9H2. The highest BCUT2D eigenvalue weighted by Gasteiger charge is 2.35. The van der Waals surface area contributed by atoms with Gasteiger partial charge < -0.3 is 14.8 Å². The molecule has 0 aromatic rings. The van der Waals surface area contributed by atoms with Crippen LogP contribution in [0.3, 0.4) is 0 Å². The Bertz CT molecular complexity index is 206. The van der Waals surface area contributed by atoms with Crippen molar-refractivity contribution in [3.63, 3.8) is 0 Å². The summed E-state index contributed by atoms with van der Waals surface area (Å²) in [7, 11) is 0. The van der Waals surface area contributed by atoms with E-state index in [1.165, 1.54) is 19.3 Å². The maximum absolute atomic E-state index is 11.2. The van der Waals surface area contributed by atoms with Gasteiger partial charge in [0.2, 0.25) is 0 Å². The van der Waals surface area contributed by atoms with Gasteiger partial charge in [-0.1, -0.05) is 19.3 Å². The molecule has 1 N–H and O–H groups in total. The molecule has 1 aliphatic heterocycles. The van der Waals surface area contributed by atoms with Crippen molar-refractivity contribution in [2.45, 2.75) is 56.7 Å². The number of aldehydes is 1. The summed E-state index contributed by atoms with van der Waals surface area (Å²) in [4.78, 5) is 11.2. The SMILES string of the molecule is O=CC1(OC2CCCCC2)CCNCC1. The van der Waals surface area contributed by atoms with Crippen LogP contribution < -0.4 is 5.32 Å². The Labute approximate surface area is 91.6 Å². The summed E-state index contributed by atoms with van der Waals surface area (Å²) >= 11 is 0. The number of nitrogens with one attached hydrogen (secondary N) is 1. The monoisotopic (exact) mass is 211 g/mol. The van der Waals surface area contributed by atoms with Crippen LogP contribution >= 0.6 is 0 Å². The molecule has 1 heterocycles. The molecule has 0 bridgehead atoms. The van der Waals surface area contributed by atoms with Gasteiger partial charge in [0.05, 0.1) is 6.10 Å². The Morgan fingerprint density at radius 1 is 1.13 bits per heavy atom. The summed E-state index contributed by atoms with van der Waals surface area (Å²) in [6.07, 6.45) is 9.20. The maximum atomic E-state index is 11.2. The van der Waals surface area contributed by atoms with Crippen molar-refractivity contribution in [1.29, 1.82) is 0 Å². The lowest BCUT2D eigenvalue weighted by molar-refractivity contribution is -0.148. The Morgan fingerprint density at radius 2 is 1.80 bits per heavy atom. The fourth-order valence-corrected chi connectivity index (χ4v) is 2.63. The first-order chi connectivity index (χ1) is 7.35. The van der Waals surface area contributed by atoms with E-state index in [4.69, 9.17) is 4.74 Å². The van der Waals surface area contributed by atoms with Crippen LogP contribution in [0, 0.1) is 0 Å². The summed E-state index contributed by atoms with van der Waals surface area (Å²) < 4.78 is 6.06. The van der Waals surface area contributed by atoms with E-state index >= 15 is 0 Å². The van der Waals surface area contributed by atoms with Gasteiger partial charge in [0, 0.05) is 0 Å². The normalized spacial score (nSPS) is 27.5.